The van der Waals surface area contributed by atoms with Crippen LogP contribution in [0.25, 0.3) is 0 Å². The van der Waals surface area contributed by atoms with Crippen molar-refractivity contribution in [3.8, 4) is 0 Å². The van der Waals surface area contributed by atoms with Crippen molar-refractivity contribution in [1.29, 1.82) is 0 Å². The highest BCUT2D eigenvalue weighted by Crippen LogP contribution is 2.25. The van der Waals surface area contributed by atoms with Crippen molar-refractivity contribution in [3.63, 3.8) is 0 Å². The maximum atomic E-state index is 12.6. The Kier molecular flexibility index (Phi) is 5.13. The van der Waals surface area contributed by atoms with Gasteiger partial charge in [0.25, 0.3) is 10.2 Å². The molecule has 23 heavy (non-hydrogen) atoms. The molecule has 0 unspecified atom stereocenters. The number of aryl methyl sites for hydroxylation is 1. The number of rotatable bonds is 3. The Balaban J connectivity index is 1.64. The molecule has 2 aliphatic rings. The normalized spacial score (nSPS) is 21.6. The summed E-state index contributed by atoms with van der Waals surface area (Å²) in [5, 5.41) is 0.742. The molecular weight excluding hydrogens is 338 g/mol. The Morgan fingerprint density at radius 3 is 2.22 bits per heavy atom. The third-order valence-corrected chi connectivity index (χ3v) is 6.82. The second kappa shape index (κ2) is 6.94. The number of anilines is 1. The summed E-state index contributed by atoms with van der Waals surface area (Å²) < 4.78 is 33.6. The second-order valence-corrected chi connectivity index (χ2v) is 8.17. The predicted octanol–water partition coefficient (Wildman–Crippen LogP) is 1.35. The first-order valence-electron chi connectivity index (χ1n) is 7.82. The van der Waals surface area contributed by atoms with Gasteiger partial charge in [-0.15, -0.1) is 0 Å². The number of halogens is 1. The summed E-state index contributed by atoms with van der Waals surface area (Å²) in [6.07, 6.45) is 0. The maximum Gasteiger partial charge on any atom is 0.282 e. The van der Waals surface area contributed by atoms with Gasteiger partial charge in [0, 0.05) is 50.0 Å². The Bertz CT molecular complexity index is 654. The standard InChI is InChI=1S/C15H22ClN3O3S/c1-13-2-3-14(12-15(13)16)17-4-6-18(7-5-17)23(20,21)19-8-10-22-11-9-19/h2-3,12H,4-11H2,1H3. The number of hydrogen-bond donors (Lipinski definition) is 0. The van der Waals surface area contributed by atoms with Crippen LogP contribution in [0.2, 0.25) is 5.02 Å². The van der Waals surface area contributed by atoms with E-state index in [0.29, 0.717) is 52.5 Å². The Morgan fingerprint density at radius 1 is 1.00 bits per heavy atom. The Morgan fingerprint density at radius 2 is 1.61 bits per heavy atom. The fraction of sp³-hybridized carbons (Fsp3) is 0.600. The molecule has 0 amide bonds. The zero-order valence-electron chi connectivity index (χ0n) is 13.2. The second-order valence-electron chi connectivity index (χ2n) is 5.84. The highest BCUT2D eigenvalue weighted by atomic mass is 35.5. The van der Waals surface area contributed by atoms with E-state index in [0.717, 1.165) is 16.3 Å². The average Bonchev–Trinajstić information content (AvgIpc) is 2.58. The molecule has 8 heteroatoms. The van der Waals surface area contributed by atoms with E-state index in [-0.39, 0.29) is 0 Å². The minimum Gasteiger partial charge on any atom is -0.379 e. The number of benzene rings is 1. The highest BCUT2D eigenvalue weighted by Gasteiger charge is 2.33. The van der Waals surface area contributed by atoms with E-state index in [9.17, 15) is 8.42 Å². The molecule has 2 saturated heterocycles. The van der Waals surface area contributed by atoms with E-state index < -0.39 is 10.2 Å². The quantitative estimate of drug-likeness (QED) is 0.817. The van der Waals surface area contributed by atoms with Crippen molar-refractivity contribution < 1.29 is 13.2 Å². The van der Waals surface area contributed by atoms with Crippen LogP contribution in [-0.2, 0) is 14.9 Å². The summed E-state index contributed by atoms with van der Waals surface area (Å²) >= 11 is 6.18. The summed E-state index contributed by atoms with van der Waals surface area (Å²) in [5.74, 6) is 0. The summed E-state index contributed by atoms with van der Waals surface area (Å²) in [4.78, 5) is 2.18. The summed E-state index contributed by atoms with van der Waals surface area (Å²) in [6, 6.07) is 5.98. The van der Waals surface area contributed by atoms with Gasteiger partial charge in [0.15, 0.2) is 0 Å². The molecular formula is C15H22ClN3O3S. The smallest absolute Gasteiger partial charge is 0.282 e. The summed E-state index contributed by atoms with van der Waals surface area (Å²) in [5.41, 5.74) is 2.09. The molecule has 3 rings (SSSR count). The third-order valence-electron chi connectivity index (χ3n) is 4.38. The van der Waals surface area contributed by atoms with Crippen LogP contribution in [0.4, 0.5) is 5.69 Å². The maximum absolute atomic E-state index is 12.6. The van der Waals surface area contributed by atoms with Crippen LogP contribution in [0.5, 0.6) is 0 Å². The first kappa shape index (κ1) is 17.0. The van der Waals surface area contributed by atoms with E-state index in [4.69, 9.17) is 16.3 Å². The van der Waals surface area contributed by atoms with E-state index in [1.165, 1.54) is 4.31 Å². The van der Waals surface area contributed by atoms with Crippen LogP contribution in [0.15, 0.2) is 18.2 Å². The van der Waals surface area contributed by atoms with Gasteiger partial charge in [-0.2, -0.15) is 17.0 Å². The van der Waals surface area contributed by atoms with Crippen LogP contribution in [0, 0.1) is 6.92 Å². The zero-order valence-corrected chi connectivity index (χ0v) is 14.8. The molecule has 0 radical (unpaired) electrons. The van der Waals surface area contributed by atoms with Gasteiger partial charge >= 0.3 is 0 Å². The molecule has 2 aliphatic heterocycles. The lowest BCUT2D eigenvalue weighted by Crippen LogP contribution is -2.55. The van der Waals surface area contributed by atoms with Gasteiger partial charge in [-0.05, 0) is 24.6 Å². The van der Waals surface area contributed by atoms with E-state index in [2.05, 4.69) is 4.90 Å². The molecule has 6 nitrogen and oxygen atoms in total. The predicted molar refractivity (Wildman–Crippen MR) is 91.3 cm³/mol. The minimum atomic E-state index is -3.37. The van der Waals surface area contributed by atoms with Crippen molar-refractivity contribution in [3.05, 3.63) is 28.8 Å². The molecule has 1 aromatic rings. The molecule has 0 atom stereocenters. The van der Waals surface area contributed by atoms with E-state index in [1.807, 2.05) is 25.1 Å². The first-order chi connectivity index (χ1) is 11.0. The average molecular weight is 360 g/mol. The molecule has 0 aliphatic carbocycles. The number of piperazine rings is 1. The molecule has 0 spiro atoms. The van der Waals surface area contributed by atoms with Crippen molar-refractivity contribution in [2.45, 2.75) is 6.92 Å². The van der Waals surface area contributed by atoms with Gasteiger partial charge in [0.1, 0.15) is 0 Å². The fourth-order valence-corrected chi connectivity index (χ4v) is 4.63. The van der Waals surface area contributed by atoms with Crippen molar-refractivity contribution in [2.75, 3.05) is 57.4 Å². The molecule has 0 N–H and O–H groups in total. The van der Waals surface area contributed by atoms with Crippen LogP contribution < -0.4 is 4.90 Å². The lowest BCUT2D eigenvalue weighted by atomic mass is 10.2. The minimum absolute atomic E-state index is 0.441. The lowest BCUT2D eigenvalue weighted by molar-refractivity contribution is 0.0700. The van der Waals surface area contributed by atoms with Crippen molar-refractivity contribution >= 4 is 27.5 Å². The Hall–Kier alpha value is -0.860. The number of hydrogen-bond acceptors (Lipinski definition) is 4. The van der Waals surface area contributed by atoms with Gasteiger partial charge in [-0.25, -0.2) is 0 Å². The summed E-state index contributed by atoms with van der Waals surface area (Å²) in [7, 11) is -3.37. The third kappa shape index (κ3) is 3.64. The Labute approximate surface area is 142 Å². The summed E-state index contributed by atoms with van der Waals surface area (Å²) in [6.45, 7) is 6.12. The van der Waals surface area contributed by atoms with E-state index in [1.54, 1.807) is 4.31 Å². The SMILES string of the molecule is Cc1ccc(N2CCN(S(=O)(=O)N3CCOCC3)CC2)cc1Cl. The van der Waals surface area contributed by atoms with Gasteiger partial charge < -0.3 is 9.64 Å². The van der Waals surface area contributed by atoms with Crippen molar-refractivity contribution in [2.24, 2.45) is 0 Å². The molecule has 0 saturated carbocycles. The molecule has 0 aromatic heterocycles. The van der Waals surface area contributed by atoms with Crippen LogP contribution in [-0.4, -0.2) is 69.5 Å². The molecule has 2 fully saturated rings. The molecule has 1 aromatic carbocycles. The van der Waals surface area contributed by atoms with Gasteiger partial charge in [-0.1, -0.05) is 17.7 Å². The zero-order chi connectivity index (χ0) is 16.4. The topological polar surface area (TPSA) is 53.1 Å². The first-order valence-corrected chi connectivity index (χ1v) is 9.60. The van der Waals surface area contributed by atoms with Crippen molar-refractivity contribution in [1.82, 2.24) is 8.61 Å². The van der Waals surface area contributed by atoms with Gasteiger partial charge in [0.2, 0.25) is 0 Å². The largest absolute Gasteiger partial charge is 0.379 e. The fourth-order valence-electron chi connectivity index (χ4n) is 2.90. The monoisotopic (exact) mass is 359 g/mol. The van der Waals surface area contributed by atoms with Crippen LogP contribution >= 0.6 is 11.6 Å². The number of ether oxygens (including phenoxy) is 1. The molecule has 2 heterocycles. The van der Waals surface area contributed by atoms with Gasteiger partial charge in [-0.3, -0.25) is 0 Å². The number of morpholine rings is 1. The van der Waals surface area contributed by atoms with Crippen LogP contribution in [0.3, 0.4) is 0 Å². The lowest BCUT2D eigenvalue weighted by Gasteiger charge is -2.38. The van der Waals surface area contributed by atoms with Crippen LogP contribution in [0.1, 0.15) is 5.56 Å². The number of nitrogens with zero attached hydrogens (tertiary/aromatic N) is 3. The molecule has 0 bridgehead atoms. The molecule has 128 valence electrons. The van der Waals surface area contributed by atoms with E-state index >= 15 is 0 Å². The van der Waals surface area contributed by atoms with Gasteiger partial charge in [0.05, 0.1) is 13.2 Å². The highest BCUT2D eigenvalue weighted by molar-refractivity contribution is 7.86.